The molecule has 420 valence electrons. The second-order valence-corrected chi connectivity index (χ2v) is 22.5. The summed E-state index contributed by atoms with van der Waals surface area (Å²) >= 11 is 11.6. The number of carbonyl (C=O) groups is 1. The number of fused-ring (bicyclic) bond motifs is 4. The number of thiophene rings is 1. The van der Waals surface area contributed by atoms with Crippen LogP contribution in [0.1, 0.15) is 79.4 Å². The summed E-state index contributed by atoms with van der Waals surface area (Å²) in [6.07, 6.45) is 4.93. The molecule has 12 rings (SSSR count). The van der Waals surface area contributed by atoms with E-state index in [4.69, 9.17) is 28.4 Å². The first kappa shape index (κ1) is 58.9. The lowest BCUT2D eigenvalue weighted by Crippen LogP contribution is -2.20. The molecule has 4 aliphatic rings. The number of nitro groups is 3. The van der Waals surface area contributed by atoms with Gasteiger partial charge in [-0.15, -0.1) is 11.3 Å². The fourth-order valence-corrected chi connectivity index (χ4v) is 11.1. The van der Waals surface area contributed by atoms with E-state index in [1.807, 2.05) is 153 Å². The zero-order chi connectivity index (χ0) is 58.9. The third kappa shape index (κ3) is 13.8. The first-order chi connectivity index (χ1) is 40.0. The van der Waals surface area contributed by atoms with Gasteiger partial charge in [0.2, 0.25) is 18.3 Å². The SMILES string of the molecule is COc1cc(Br)cc2c1OC(c1ccc(C)cc1)C([N+](=O)[O-])=C2.COc1cccc2c1OC(c1cccs1)C([N+](=O)[O-])=C2.Cc1ccc(C2Oc3ccc(Br)cc3C=C2[N+](=O)[O-])cc1.O=CC1=Cc2cc(Br)ccc2OC1c1ccccc1. The highest BCUT2D eigenvalue weighted by Crippen LogP contribution is 2.46. The first-order valence-electron chi connectivity index (χ1n) is 25.3. The predicted octanol–water partition coefficient (Wildman–Crippen LogP) is 16.7. The number of para-hydroxylation sites is 1. The zero-order valence-corrected chi connectivity index (χ0v) is 50.1. The molecule has 8 aromatic rings. The summed E-state index contributed by atoms with van der Waals surface area (Å²) in [5, 5.41) is 35.9. The number of rotatable bonds is 10. The summed E-state index contributed by atoms with van der Waals surface area (Å²) in [5.41, 5.74) is 8.29. The van der Waals surface area contributed by atoms with E-state index in [2.05, 4.69) is 47.8 Å². The number of carbonyl (C=O) groups excluding carboxylic acids is 1. The Kier molecular flexibility index (Phi) is 18.8. The van der Waals surface area contributed by atoms with Crippen LogP contribution >= 0.6 is 59.1 Å². The lowest BCUT2D eigenvalue weighted by atomic mass is 9.97. The summed E-state index contributed by atoms with van der Waals surface area (Å²) in [6, 6.07) is 48.6. The molecule has 0 bridgehead atoms. The van der Waals surface area contributed by atoms with Crippen molar-refractivity contribution in [3.05, 3.63) is 284 Å². The van der Waals surface area contributed by atoms with Crippen LogP contribution in [0.15, 0.2) is 199 Å². The molecule has 0 saturated heterocycles. The highest BCUT2D eigenvalue weighted by atomic mass is 79.9. The third-order valence-corrected chi connectivity index (χ3v) is 15.5. The number of nitrogens with zero attached hydrogens (tertiary/aromatic N) is 3. The van der Waals surface area contributed by atoms with Crippen LogP contribution in [-0.2, 0) is 4.79 Å². The molecule has 0 aliphatic carbocycles. The summed E-state index contributed by atoms with van der Waals surface area (Å²) in [6.45, 7) is 3.94. The zero-order valence-electron chi connectivity index (χ0n) is 44.5. The lowest BCUT2D eigenvalue weighted by molar-refractivity contribution is -0.434. The number of benzene rings is 7. The van der Waals surface area contributed by atoms with Gasteiger partial charge in [0.25, 0.3) is 17.1 Å². The average Bonchev–Trinajstić information content (AvgIpc) is 4.20. The van der Waals surface area contributed by atoms with Gasteiger partial charge in [0.1, 0.15) is 17.8 Å². The van der Waals surface area contributed by atoms with Crippen LogP contribution in [0.4, 0.5) is 0 Å². The molecule has 0 N–H and O–H groups in total. The topological polar surface area (TPSA) is 202 Å². The van der Waals surface area contributed by atoms with Crippen molar-refractivity contribution < 1.29 is 48.0 Å². The van der Waals surface area contributed by atoms with E-state index in [0.29, 0.717) is 51.0 Å². The number of hydrogen-bond acceptors (Lipinski definition) is 14. The molecule has 7 aromatic carbocycles. The van der Waals surface area contributed by atoms with Gasteiger partial charge >= 0.3 is 0 Å². The number of hydrogen-bond donors (Lipinski definition) is 0. The van der Waals surface area contributed by atoms with Crippen molar-refractivity contribution in [1.29, 1.82) is 0 Å². The largest absolute Gasteiger partial charge is 0.493 e. The Balaban J connectivity index is 0.000000133. The van der Waals surface area contributed by atoms with Gasteiger partial charge in [-0.2, -0.15) is 0 Å². The molecule has 20 heteroatoms. The van der Waals surface area contributed by atoms with Crippen molar-refractivity contribution in [2.45, 2.75) is 38.3 Å². The Morgan fingerprint density at radius 2 is 0.952 bits per heavy atom. The van der Waals surface area contributed by atoms with Gasteiger partial charge in [-0.1, -0.05) is 156 Å². The minimum Gasteiger partial charge on any atom is -0.493 e. The fraction of sp³-hybridized carbons (Fsp3) is 0.127. The Bertz CT molecular complexity index is 3870. The average molecular weight is 1330 g/mol. The van der Waals surface area contributed by atoms with Crippen LogP contribution in [-0.4, -0.2) is 35.3 Å². The molecule has 0 saturated carbocycles. The van der Waals surface area contributed by atoms with Crippen LogP contribution in [0.3, 0.4) is 0 Å². The number of halogens is 3. The maximum Gasteiger partial charge on any atom is 0.292 e. The van der Waals surface area contributed by atoms with Gasteiger partial charge in [-0.3, -0.25) is 35.1 Å². The molecule has 0 spiro atoms. The van der Waals surface area contributed by atoms with Gasteiger partial charge in [-0.25, -0.2) is 0 Å². The van der Waals surface area contributed by atoms with E-state index >= 15 is 0 Å². The van der Waals surface area contributed by atoms with Crippen molar-refractivity contribution in [2.24, 2.45) is 0 Å². The molecule has 0 radical (unpaired) electrons. The van der Waals surface area contributed by atoms with Crippen LogP contribution in [0.5, 0.6) is 34.5 Å². The molecule has 16 nitrogen and oxygen atoms in total. The van der Waals surface area contributed by atoms with E-state index in [-0.39, 0.29) is 28.1 Å². The Morgan fingerprint density at radius 1 is 0.470 bits per heavy atom. The van der Waals surface area contributed by atoms with Crippen molar-refractivity contribution >= 4 is 89.7 Å². The van der Waals surface area contributed by atoms with Gasteiger partial charge in [0, 0.05) is 70.6 Å². The van der Waals surface area contributed by atoms with Gasteiger partial charge < -0.3 is 28.4 Å². The van der Waals surface area contributed by atoms with Gasteiger partial charge in [0.15, 0.2) is 29.1 Å². The molecule has 1 aromatic heterocycles. The molecule has 4 unspecified atom stereocenters. The van der Waals surface area contributed by atoms with Crippen molar-refractivity contribution in [2.75, 3.05) is 14.2 Å². The fourth-order valence-electron chi connectivity index (χ4n) is 9.12. The summed E-state index contributed by atoms with van der Waals surface area (Å²) in [5.74, 6) is 3.59. The smallest absolute Gasteiger partial charge is 0.292 e. The molecule has 0 fully saturated rings. The minimum absolute atomic E-state index is 0.00139. The highest BCUT2D eigenvalue weighted by Gasteiger charge is 2.37. The van der Waals surface area contributed by atoms with Crippen LogP contribution in [0.25, 0.3) is 24.3 Å². The molecule has 0 amide bonds. The molecule has 4 aliphatic heterocycles. The lowest BCUT2D eigenvalue weighted by Gasteiger charge is -2.25. The molecular formula is C63H48Br3N3O13S. The molecule has 5 heterocycles. The van der Waals surface area contributed by atoms with E-state index < -0.39 is 28.2 Å². The van der Waals surface area contributed by atoms with E-state index in [1.54, 1.807) is 56.7 Å². The van der Waals surface area contributed by atoms with E-state index in [0.717, 1.165) is 63.7 Å². The standard InChI is InChI=1S/C17H14BrNO4.C16H12BrNO3.C16H11BrO2.C14H11NO4S/c1-10-3-5-11(6-4-10)16-14(19(20)21)8-12-7-13(18)9-15(22-2)17(12)23-16;1-10-2-4-11(5-3-10)16-14(18(19)20)9-12-8-13(17)6-7-15(12)21-16;17-14-6-7-15-12(9-14)8-13(10-18)16(19-15)11-4-2-1-3-5-11;1-18-11-5-2-4-9-8-10(15(16)17)14(19-13(9)11)12-6-3-7-20-12/h3-9,16H,1-2H3;2-9,16H,1H3;1-10,16H;2-8,14H,1H3. The van der Waals surface area contributed by atoms with Crippen LogP contribution in [0, 0.1) is 44.2 Å². The first-order valence-corrected chi connectivity index (χ1v) is 28.5. The monoisotopic (exact) mass is 1320 g/mol. The van der Waals surface area contributed by atoms with E-state index in [9.17, 15) is 35.1 Å². The Labute approximate surface area is 505 Å². The number of aryl methyl sites for hydroxylation is 2. The summed E-state index contributed by atoms with van der Waals surface area (Å²) in [4.78, 5) is 45.0. The second kappa shape index (κ2) is 26.5. The number of methoxy groups -OCH3 is 2. The maximum atomic E-state index is 11.5. The number of aldehydes is 1. The molecule has 83 heavy (non-hydrogen) atoms. The Hall–Kier alpha value is -8.69. The molecular weight excluding hydrogens is 1280 g/mol. The normalized spacial score (nSPS) is 16.7. The minimum atomic E-state index is -0.770. The summed E-state index contributed by atoms with van der Waals surface area (Å²) < 4.78 is 36.8. The van der Waals surface area contributed by atoms with Crippen molar-refractivity contribution in [3.8, 4) is 34.5 Å². The van der Waals surface area contributed by atoms with Crippen molar-refractivity contribution in [1.82, 2.24) is 0 Å². The number of ether oxygens (including phenoxy) is 6. The highest BCUT2D eigenvalue weighted by molar-refractivity contribution is 9.11. The van der Waals surface area contributed by atoms with Crippen LogP contribution in [0.2, 0.25) is 0 Å². The summed E-state index contributed by atoms with van der Waals surface area (Å²) in [7, 11) is 3.09. The second-order valence-electron chi connectivity index (χ2n) is 18.7. The Morgan fingerprint density at radius 3 is 1.49 bits per heavy atom. The maximum absolute atomic E-state index is 11.5. The molecule has 4 atom stereocenters. The third-order valence-electron chi connectivity index (χ3n) is 13.2. The van der Waals surface area contributed by atoms with Crippen LogP contribution < -0.4 is 28.4 Å². The van der Waals surface area contributed by atoms with Crippen molar-refractivity contribution in [3.63, 3.8) is 0 Å². The van der Waals surface area contributed by atoms with E-state index in [1.165, 1.54) is 17.4 Å². The van der Waals surface area contributed by atoms with Gasteiger partial charge in [-0.05, 0) is 91.5 Å². The van der Waals surface area contributed by atoms with Gasteiger partial charge in [0.05, 0.1) is 33.9 Å². The predicted molar refractivity (Wildman–Crippen MR) is 328 cm³/mol. The quantitative estimate of drug-likeness (QED) is 0.0711.